The van der Waals surface area contributed by atoms with Crippen LogP contribution < -0.4 is 21.1 Å². The summed E-state index contributed by atoms with van der Waals surface area (Å²) in [6.45, 7) is 0. The summed E-state index contributed by atoms with van der Waals surface area (Å²) in [6, 6.07) is 14.1. The summed E-state index contributed by atoms with van der Waals surface area (Å²) in [5.41, 5.74) is 7.78. The van der Waals surface area contributed by atoms with Crippen molar-refractivity contribution in [2.75, 3.05) is 18.2 Å². The largest absolute Gasteiger partial charge is 0.496 e. The van der Waals surface area contributed by atoms with Gasteiger partial charge in [0.2, 0.25) is 0 Å². The first-order chi connectivity index (χ1) is 10.2. The normalized spacial score (nSPS) is 10.3. The van der Waals surface area contributed by atoms with Crippen LogP contribution in [0.3, 0.4) is 0 Å². The first-order valence-electron chi connectivity index (χ1n) is 6.41. The van der Waals surface area contributed by atoms with E-state index >= 15 is 0 Å². The molecule has 0 aliphatic heterocycles. The highest BCUT2D eigenvalue weighted by atomic mass is 16.5. The highest BCUT2D eigenvalue weighted by molar-refractivity contribution is 5.90. The van der Waals surface area contributed by atoms with Crippen molar-refractivity contribution in [1.82, 2.24) is 5.32 Å². The van der Waals surface area contributed by atoms with E-state index in [2.05, 4.69) is 10.6 Å². The van der Waals surface area contributed by atoms with Crippen LogP contribution in [0.2, 0.25) is 0 Å². The van der Waals surface area contributed by atoms with Crippen LogP contribution in [-0.4, -0.2) is 13.1 Å². The maximum atomic E-state index is 11.7. The minimum absolute atomic E-state index is 0.328. The smallest absolute Gasteiger partial charge is 0.323 e. The summed E-state index contributed by atoms with van der Waals surface area (Å²) in [5, 5.41) is 5.32. The van der Waals surface area contributed by atoms with Crippen molar-refractivity contribution < 1.29 is 9.53 Å². The second kappa shape index (κ2) is 7.00. The lowest BCUT2D eigenvalue weighted by atomic mass is 10.2. The maximum absolute atomic E-state index is 11.7. The molecule has 0 spiro atoms. The molecule has 5 nitrogen and oxygen atoms in total. The molecule has 0 saturated heterocycles. The Morgan fingerprint density at radius 1 is 1.14 bits per heavy atom. The molecule has 2 rings (SSSR count). The molecule has 0 aliphatic rings. The zero-order valence-electron chi connectivity index (χ0n) is 11.7. The molecule has 0 aromatic heterocycles. The molecule has 0 saturated carbocycles. The zero-order chi connectivity index (χ0) is 15.1. The molecule has 21 heavy (non-hydrogen) atoms. The van der Waals surface area contributed by atoms with Crippen LogP contribution in [0.5, 0.6) is 5.75 Å². The Morgan fingerprint density at radius 3 is 2.57 bits per heavy atom. The number of nitrogens with two attached hydrogens (primary N) is 1. The minimum Gasteiger partial charge on any atom is -0.496 e. The Labute approximate surface area is 123 Å². The SMILES string of the molecule is COc1ccccc1/C=C/NC(=O)Nc1ccc(N)cc1. The highest BCUT2D eigenvalue weighted by Crippen LogP contribution is 2.18. The number of hydrogen-bond donors (Lipinski definition) is 3. The Kier molecular flexibility index (Phi) is 4.82. The number of anilines is 2. The van der Waals surface area contributed by atoms with Gasteiger partial charge in [-0.3, -0.25) is 0 Å². The number of para-hydroxylation sites is 1. The molecular weight excluding hydrogens is 266 g/mol. The van der Waals surface area contributed by atoms with Gasteiger partial charge < -0.3 is 21.1 Å². The number of methoxy groups -OCH3 is 1. The Hall–Kier alpha value is -2.95. The lowest BCUT2D eigenvalue weighted by molar-refractivity contribution is 0.255. The molecule has 0 unspecified atom stereocenters. The lowest BCUT2D eigenvalue weighted by Gasteiger charge is -2.05. The molecule has 5 heteroatoms. The number of hydrogen-bond acceptors (Lipinski definition) is 3. The van der Waals surface area contributed by atoms with Gasteiger partial charge >= 0.3 is 6.03 Å². The van der Waals surface area contributed by atoms with E-state index < -0.39 is 0 Å². The van der Waals surface area contributed by atoms with Crippen molar-refractivity contribution in [2.24, 2.45) is 0 Å². The third-order valence-corrected chi connectivity index (χ3v) is 2.78. The standard InChI is InChI=1S/C16H17N3O2/c1-21-15-5-3-2-4-12(15)10-11-18-16(20)19-14-8-6-13(17)7-9-14/h2-11H,17H2,1H3,(H2,18,19,20)/b11-10+. The fourth-order valence-corrected chi connectivity index (χ4v) is 1.74. The van der Waals surface area contributed by atoms with Crippen molar-refractivity contribution in [2.45, 2.75) is 0 Å². The van der Waals surface area contributed by atoms with Crippen LogP contribution >= 0.6 is 0 Å². The fraction of sp³-hybridized carbons (Fsp3) is 0.0625. The molecule has 108 valence electrons. The lowest BCUT2D eigenvalue weighted by Crippen LogP contribution is -2.23. The number of rotatable bonds is 4. The van der Waals surface area contributed by atoms with Crippen LogP contribution in [-0.2, 0) is 0 Å². The Bertz CT molecular complexity index is 636. The summed E-state index contributed by atoms with van der Waals surface area (Å²) in [4.78, 5) is 11.7. The molecular formula is C16H17N3O2. The predicted octanol–water partition coefficient (Wildman–Crippen LogP) is 3.07. The molecule has 0 aliphatic carbocycles. The van der Waals surface area contributed by atoms with Gasteiger partial charge in [0, 0.05) is 23.1 Å². The summed E-state index contributed by atoms with van der Waals surface area (Å²) in [7, 11) is 1.61. The maximum Gasteiger partial charge on any atom is 0.323 e. The van der Waals surface area contributed by atoms with E-state index in [1.165, 1.54) is 0 Å². The van der Waals surface area contributed by atoms with E-state index in [0.717, 1.165) is 11.3 Å². The number of nitrogens with one attached hydrogen (secondary N) is 2. The first-order valence-corrected chi connectivity index (χ1v) is 6.41. The van der Waals surface area contributed by atoms with Crippen LogP contribution in [0.25, 0.3) is 6.08 Å². The van der Waals surface area contributed by atoms with E-state index in [-0.39, 0.29) is 6.03 Å². The van der Waals surface area contributed by atoms with Gasteiger partial charge in [-0.25, -0.2) is 4.79 Å². The number of urea groups is 1. The fourth-order valence-electron chi connectivity index (χ4n) is 1.74. The number of nitrogen functional groups attached to an aromatic ring is 1. The van der Waals surface area contributed by atoms with Gasteiger partial charge in [-0.2, -0.15) is 0 Å². The molecule has 2 aromatic rings. The number of carbonyl (C=O) groups is 1. The summed E-state index contributed by atoms with van der Waals surface area (Å²) in [6.07, 6.45) is 3.33. The number of benzene rings is 2. The van der Waals surface area contributed by atoms with E-state index in [1.807, 2.05) is 24.3 Å². The van der Waals surface area contributed by atoms with Crippen LogP contribution in [0.15, 0.2) is 54.7 Å². The second-order valence-electron chi connectivity index (χ2n) is 4.30. The number of ether oxygens (including phenoxy) is 1. The molecule has 0 heterocycles. The summed E-state index contributed by atoms with van der Waals surface area (Å²) < 4.78 is 5.22. The third-order valence-electron chi connectivity index (χ3n) is 2.78. The molecule has 0 fully saturated rings. The molecule has 0 atom stereocenters. The van der Waals surface area contributed by atoms with Gasteiger partial charge in [0.15, 0.2) is 0 Å². The van der Waals surface area contributed by atoms with E-state index in [0.29, 0.717) is 11.4 Å². The van der Waals surface area contributed by atoms with Crippen molar-refractivity contribution in [3.8, 4) is 5.75 Å². The van der Waals surface area contributed by atoms with Gasteiger partial charge in [-0.05, 0) is 36.4 Å². The topological polar surface area (TPSA) is 76.4 Å². The minimum atomic E-state index is -0.328. The second-order valence-corrected chi connectivity index (χ2v) is 4.30. The Morgan fingerprint density at radius 2 is 1.86 bits per heavy atom. The van der Waals surface area contributed by atoms with Gasteiger partial charge in [0.1, 0.15) is 5.75 Å². The Balaban J connectivity index is 1.91. The van der Waals surface area contributed by atoms with E-state index in [4.69, 9.17) is 10.5 Å². The zero-order valence-corrected chi connectivity index (χ0v) is 11.7. The van der Waals surface area contributed by atoms with Crippen molar-refractivity contribution in [3.05, 3.63) is 60.3 Å². The molecule has 0 bridgehead atoms. The van der Waals surface area contributed by atoms with Gasteiger partial charge in [0.25, 0.3) is 0 Å². The van der Waals surface area contributed by atoms with Crippen LogP contribution in [0, 0.1) is 0 Å². The average Bonchev–Trinajstić information content (AvgIpc) is 2.50. The van der Waals surface area contributed by atoms with E-state index in [1.54, 1.807) is 43.7 Å². The van der Waals surface area contributed by atoms with Crippen LogP contribution in [0.1, 0.15) is 5.56 Å². The number of carbonyl (C=O) groups excluding carboxylic acids is 1. The van der Waals surface area contributed by atoms with Crippen molar-refractivity contribution in [1.29, 1.82) is 0 Å². The number of amides is 2. The van der Waals surface area contributed by atoms with Gasteiger partial charge in [-0.1, -0.05) is 18.2 Å². The third kappa shape index (κ3) is 4.28. The van der Waals surface area contributed by atoms with Crippen molar-refractivity contribution in [3.63, 3.8) is 0 Å². The molecule has 2 aromatic carbocycles. The molecule has 2 amide bonds. The predicted molar refractivity (Wildman–Crippen MR) is 85.0 cm³/mol. The van der Waals surface area contributed by atoms with E-state index in [9.17, 15) is 4.79 Å². The monoisotopic (exact) mass is 283 g/mol. The molecule has 4 N–H and O–H groups in total. The highest BCUT2D eigenvalue weighted by Gasteiger charge is 2.00. The summed E-state index contributed by atoms with van der Waals surface area (Å²) >= 11 is 0. The van der Waals surface area contributed by atoms with Crippen molar-refractivity contribution >= 4 is 23.5 Å². The quantitative estimate of drug-likeness (QED) is 0.755. The van der Waals surface area contributed by atoms with Gasteiger partial charge in [0.05, 0.1) is 7.11 Å². The molecule has 0 radical (unpaired) electrons. The van der Waals surface area contributed by atoms with Gasteiger partial charge in [-0.15, -0.1) is 0 Å². The average molecular weight is 283 g/mol. The summed E-state index contributed by atoms with van der Waals surface area (Å²) in [5.74, 6) is 0.745. The first kappa shape index (κ1) is 14.5. The van der Waals surface area contributed by atoms with Crippen LogP contribution in [0.4, 0.5) is 16.2 Å².